The van der Waals surface area contributed by atoms with Crippen molar-refractivity contribution < 1.29 is 9.84 Å². The van der Waals surface area contributed by atoms with Gasteiger partial charge in [-0.1, -0.05) is 6.92 Å². The Kier molecular flexibility index (Phi) is 5.85. The summed E-state index contributed by atoms with van der Waals surface area (Å²) in [5.74, 6) is 0.659. The molecule has 0 aromatic carbocycles. The summed E-state index contributed by atoms with van der Waals surface area (Å²) >= 11 is 0. The van der Waals surface area contributed by atoms with Gasteiger partial charge in [-0.25, -0.2) is 0 Å². The zero-order valence-corrected chi connectivity index (χ0v) is 11.5. The normalized spacial score (nSPS) is 32.3. The first-order valence-electron chi connectivity index (χ1n) is 7.14. The van der Waals surface area contributed by atoms with Crippen molar-refractivity contribution in [2.75, 3.05) is 65.6 Å². The molecule has 2 aliphatic rings. The van der Waals surface area contributed by atoms with Gasteiger partial charge in [-0.05, 0) is 12.5 Å². The molecule has 5 nitrogen and oxygen atoms in total. The van der Waals surface area contributed by atoms with Crippen LogP contribution in [-0.2, 0) is 4.74 Å². The van der Waals surface area contributed by atoms with Gasteiger partial charge >= 0.3 is 0 Å². The Morgan fingerprint density at radius 3 is 2.61 bits per heavy atom. The van der Waals surface area contributed by atoms with Crippen LogP contribution in [0.1, 0.15) is 6.92 Å². The third-order valence-electron chi connectivity index (χ3n) is 3.86. The van der Waals surface area contributed by atoms with E-state index in [4.69, 9.17) is 4.74 Å². The van der Waals surface area contributed by atoms with Crippen molar-refractivity contribution in [1.82, 2.24) is 15.1 Å². The molecule has 2 heterocycles. The van der Waals surface area contributed by atoms with E-state index in [2.05, 4.69) is 22.0 Å². The number of ether oxygens (including phenoxy) is 1. The molecular weight excluding hydrogens is 230 g/mol. The van der Waals surface area contributed by atoms with Crippen LogP contribution in [0.3, 0.4) is 0 Å². The van der Waals surface area contributed by atoms with Crippen molar-refractivity contribution in [3.8, 4) is 0 Å². The highest BCUT2D eigenvalue weighted by atomic mass is 16.5. The summed E-state index contributed by atoms with van der Waals surface area (Å²) in [6, 6.07) is 0.236. The molecule has 18 heavy (non-hydrogen) atoms. The Hall–Kier alpha value is -0.200. The van der Waals surface area contributed by atoms with E-state index in [9.17, 15) is 5.11 Å². The Morgan fingerprint density at radius 1 is 1.17 bits per heavy atom. The predicted octanol–water partition coefficient (Wildman–Crippen LogP) is -0.779. The van der Waals surface area contributed by atoms with Crippen LogP contribution < -0.4 is 5.32 Å². The molecule has 0 aromatic rings. The molecule has 0 aromatic heterocycles. The lowest BCUT2D eigenvalue weighted by molar-refractivity contribution is 0.0325. The SMILES string of the molecule is CC1CNC(CO)CN(CCN2CCOCC2)C1. The molecule has 106 valence electrons. The number of nitrogens with zero attached hydrogens (tertiary/aromatic N) is 2. The van der Waals surface area contributed by atoms with Gasteiger partial charge in [-0.15, -0.1) is 0 Å². The number of aliphatic hydroxyl groups is 1. The van der Waals surface area contributed by atoms with Crippen LogP contribution in [0.5, 0.6) is 0 Å². The molecule has 2 saturated heterocycles. The second kappa shape index (κ2) is 7.40. The van der Waals surface area contributed by atoms with Crippen LogP contribution in [-0.4, -0.2) is 86.6 Å². The van der Waals surface area contributed by atoms with E-state index in [1.807, 2.05) is 0 Å². The lowest BCUT2D eigenvalue weighted by Crippen LogP contribution is -2.45. The molecule has 0 spiro atoms. The fourth-order valence-electron chi connectivity index (χ4n) is 2.74. The largest absolute Gasteiger partial charge is 0.395 e. The molecule has 0 saturated carbocycles. The fourth-order valence-corrected chi connectivity index (χ4v) is 2.74. The smallest absolute Gasteiger partial charge is 0.0597 e. The number of hydrogen-bond donors (Lipinski definition) is 2. The van der Waals surface area contributed by atoms with Crippen molar-refractivity contribution in [2.45, 2.75) is 13.0 Å². The van der Waals surface area contributed by atoms with E-state index < -0.39 is 0 Å². The third kappa shape index (κ3) is 4.48. The highest BCUT2D eigenvalue weighted by Gasteiger charge is 2.21. The van der Waals surface area contributed by atoms with Gasteiger partial charge in [0.25, 0.3) is 0 Å². The molecule has 0 radical (unpaired) electrons. The Morgan fingerprint density at radius 2 is 1.89 bits per heavy atom. The van der Waals surface area contributed by atoms with Gasteiger partial charge in [-0.3, -0.25) is 4.90 Å². The van der Waals surface area contributed by atoms with Crippen LogP contribution in [0, 0.1) is 5.92 Å². The Bertz CT molecular complexity index is 234. The summed E-state index contributed by atoms with van der Waals surface area (Å²) in [6.07, 6.45) is 0. The second-order valence-corrected chi connectivity index (χ2v) is 5.61. The van der Waals surface area contributed by atoms with Gasteiger partial charge in [0, 0.05) is 45.3 Å². The number of nitrogens with one attached hydrogen (secondary N) is 1. The summed E-state index contributed by atoms with van der Waals surface area (Å²) in [4.78, 5) is 4.96. The molecule has 2 N–H and O–H groups in total. The minimum absolute atomic E-state index is 0.236. The summed E-state index contributed by atoms with van der Waals surface area (Å²) in [6.45, 7) is 11.7. The summed E-state index contributed by atoms with van der Waals surface area (Å²) in [5.41, 5.74) is 0. The Labute approximate surface area is 110 Å². The van der Waals surface area contributed by atoms with E-state index in [0.717, 1.165) is 59.0 Å². The Balaban J connectivity index is 1.75. The lowest BCUT2D eigenvalue weighted by Gasteiger charge is -2.30. The summed E-state index contributed by atoms with van der Waals surface area (Å²) < 4.78 is 5.36. The van der Waals surface area contributed by atoms with Gasteiger partial charge in [0.1, 0.15) is 0 Å². The van der Waals surface area contributed by atoms with Crippen LogP contribution in [0.25, 0.3) is 0 Å². The quantitative estimate of drug-likeness (QED) is 0.692. The molecule has 5 heteroatoms. The molecule has 2 aliphatic heterocycles. The van der Waals surface area contributed by atoms with E-state index in [1.54, 1.807) is 0 Å². The van der Waals surface area contributed by atoms with Crippen LogP contribution in [0.2, 0.25) is 0 Å². The predicted molar refractivity (Wildman–Crippen MR) is 71.7 cm³/mol. The van der Waals surface area contributed by atoms with E-state index >= 15 is 0 Å². The number of rotatable bonds is 4. The topological polar surface area (TPSA) is 48.0 Å². The fraction of sp³-hybridized carbons (Fsp3) is 1.00. The summed E-state index contributed by atoms with van der Waals surface area (Å²) in [7, 11) is 0. The van der Waals surface area contributed by atoms with Crippen molar-refractivity contribution in [2.24, 2.45) is 5.92 Å². The zero-order chi connectivity index (χ0) is 12.8. The van der Waals surface area contributed by atoms with Crippen molar-refractivity contribution in [3.05, 3.63) is 0 Å². The van der Waals surface area contributed by atoms with Crippen LogP contribution in [0.4, 0.5) is 0 Å². The maximum Gasteiger partial charge on any atom is 0.0597 e. The minimum atomic E-state index is 0.236. The maximum atomic E-state index is 9.32. The van der Waals surface area contributed by atoms with E-state index in [-0.39, 0.29) is 12.6 Å². The molecule has 2 atom stereocenters. The first-order valence-corrected chi connectivity index (χ1v) is 7.14. The molecule has 2 fully saturated rings. The standard InChI is InChI=1S/C13H27N3O2/c1-12-8-14-13(11-17)10-16(9-12)3-2-15-4-6-18-7-5-15/h12-14,17H,2-11H2,1H3. The minimum Gasteiger partial charge on any atom is -0.395 e. The van der Waals surface area contributed by atoms with E-state index in [1.165, 1.54) is 0 Å². The molecular formula is C13H27N3O2. The average molecular weight is 257 g/mol. The van der Waals surface area contributed by atoms with Gasteiger partial charge in [-0.2, -0.15) is 0 Å². The number of aliphatic hydroxyl groups excluding tert-OH is 1. The monoisotopic (exact) mass is 257 g/mol. The molecule has 0 bridgehead atoms. The average Bonchev–Trinajstić information content (AvgIpc) is 2.59. The number of morpholine rings is 1. The third-order valence-corrected chi connectivity index (χ3v) is 3.86. The van der Waals surface area contributed by atoms with Gasteiger partial charge in [0.15, 0.2) is 0 Å². The molecule has 2 rings (SSSR count). The van der Waals surface area contributed by atoms with Crippen LogP contribution >= 0.6 is 0 Å². The van der Waals surface area contributed by atoms with Gasteiger partial charge in [0.05, 0.1) is 19.8 Å². The zero-order valence-electron chi connectivity index (χ0n) is 11.5. The lowest BCUT2D eigenvalue weighted by atomic mass is 10.2. The summed E-state index contributed by atoms with van der Waals surface area (Å²) in [5, 5.41) is 12.7. The first kappa shape index (κ1) is 14.2. The van der Waals surface area contributed by atoms with Gasteiger partial charge < -0.3 is 20.1 Å². The second-order valence-electron chi connectivity index (χ2n) is 5.61. The molecule has 0 aliphatic carbocycles. The maximum absolute atomic E-state index is 9.32. The number of hydrogen-bond acceptors (Lipinski definition) is 5. The highest BCUT2D eigenvalue weighted by molar-refractivity contribution is 4.79. The molecule has 0 amide bonds. The first-order chi connectivity index (χ1) is 8.78. The van der Waals surface area contributed by atoms with Crippen LogP contribution in [0.15, 0.2) is 0 Å². The van der Waals surface area contributed by atoms with Crippen molar-refractivity contribution in [3.63, 3.8) is 0 Å². The van der Waals surface area contributed by atoms with E-state index in [0.29, 0.717) is 5.92 Å². The van der Waals surface area contributed by atoms with Crippen molar-refractivity contribution in [1.29, 1.82) is 0 Å². The van der Waals surface area contributed by atoms with Gasteiger partial charge in [0.2, 0.25) is 0 Å². The molecule has 2 unspecified atom stereocenters. The highest BCUT2D eigenvalue weighted by Crippen LogP contribution is 2.06. The van der Waals surface area contributed by atoms with Crippen molar-refractivity contribution >= 4 is 0 Å².